The molecule has 0 aliphatic rings. The molecule has 0 radical (unpaired) electrons. The SMILES string of the molecule is CCCCCCCCCCCC[n+]1ccc(-c2cc[n+](CC)cc2)cc1. The Morgan fingerprint density at radius 2 is 0.962 bits per heavy atom. The van der Waals surface area contributed by atoms with Crippen LogP contribution in [0.5, 0.6) is 0 Å². The monoisotopic (exact) mass is 354 g/mol. The number of rotatable bonds is 13. The highest BCUT2D eigenvalue weighted by molar-refractivity contribution is 5.60. The van der Waals surface area contributed by atoms with Gasteiger partial charge >= 0.3 is 0 Å². The molecule has 0 aromatic carbocycles. The van der Waals surface area contributed by atoms with Gasteiger partial charge in [-0.1, -0.05) is 58.3 Å². The maximum Gasteiger partial charge on any atom is 0.169 e. The standard InChI is InChI=1S/C24H38N2/c1-3-5-6-7-8-9-10-11-12-13-18-26-21-16-24(17-22-26)23-14-19-25(4-2)20-15-23/h14-17,19-22H,3-13,18H2,1-2H3/q+2. The van der Waals surface area contributed by atoms with E-state index in [-0.39, 0.29) is 0 Å². The minimum atomic E-state index is 1.02. The van der Waals surface area contributed by atoms with Gasteiger partial charge in [-0.2, -0.15) is 0 Å². The highest BCUT2D eigenvalue weighted by Gasteiger charge is 2.05. The van der Waals surface area contributed by atoms with Crippen LogP contribution in [-0.4, -0.2) is 0 Å². The molecule has 2 heterocycles. The van der Waals surface area contributed by atoms with Gasteiger partial charge in [0, 0.05) is 30.7 Å². The summed E-state index contributed by atoms with van der Waals surface area (Å²) >= 11 is 0. The van der Waals surface area contributed by atoms with Gasteiger partial charge in [0.2, 0.25) is 0 Å². The molecule has 0 aliphatic carbocycles. The van der Waals surface area contributed by atoms with Crippen molar-refractivity contribution in [2.75, 3.05) is 0 Å². The van der Waals surface area contributed by atoms with Gasteiger partial charge in [0.05, 0.1) is 0 Å². The van der Waals surface area contributed by atoms with Crippen molar-refractivity contribution < 1.29 is 9.13 Å². The first-order valence-corrected chi connectivity index (χ1v) is 10.8. The van der Waals surface area contributed by atoms with Crippen molar-refractivity contribution in [1.29, 1.82) is 0 Å². The minimum absolute atomic E-state index is 1.02. The summed E-state index contributed by atoms with van der Waals surface area (Å²) in [4.78, 5) is 0. The fourth-order valence-corrected chi connectivity index (χ4v) is 3.44. The third kappa shape index (κ3) is 7.68. The van der Waals surface area contributed by atoms with Crippen molar-refractivity contribution in [2.24, 2.45) is 0 Å². The normalized spacial score (nSPS) is 11.0. The molecule has 0 saturated heterocycles. The fourth-order valence-electron chi connectivity index (χ4n) is 3.44. The average molecular weight is 355 g/mol. The number of pyridine rings is 2. The molecule has 2 aromatic rings. The summed E-state index contributed by atoms with van der Waals surface area (Å²) in [5.74, 6) is 0. The van der Waals surface area contributed by atoms with Gasteiger partial charge in [0.1, 0.15) is 13.1 Å². The molecule has 0 aliphatic heterocycles. The predicted octanol–water partition coefficient (Wildman–Crippen LogP) is 5.87. The highest BCUT2D eigenvalue weighted by atomic mass is 14.9. The van der Waals surface area contributed by atoms with Crippen LogP contribution in [0.15, 0.2) is 49.1 Å². The molecule has 0 atom stereocenters. The third-order valence-corrected chi connectivity index (χ3v) is 5.25. The zero-order chi connectivity index (χ0) is 18.5. The second-order valence-corrected chi connectivity index (χ2v) is 7.42. The van der Waals surface area contributed by atoms with Gasteiger partial charge in [0.25, 0.3) is 0 Å². The zero-order valence-corrected chi connectivity index (χ0v) is 17.0. The van der Waals surface area contributed by atoms with E-state index in [9.17, 15) is 0 Å². The molecule has 26 heavy (non-hydrogen) atoms. The van der Waals surface area contributed by atoms with E-state index in [1.54, 1.807) is 0 Å². The smallest absolute Gasteiger partial charge is 0.169 e. The summed E-state index contributed by atoms with van der Waals surface area (Å²) in [5.41, 5.74) is 2.59. The van der Waals surface area contributed by atoms with Crippen molar-refractivity contribution >= 4 is 0 Å². The molecule has 2 rings (SSSR count). The van der Waals surface area contributed by atoms with Crippen LogP contribution >= 0.6 is 0 Å². The van der Waals surface area contributed by atoms with E-state index in [2.05, 4.69) is 72.0 Å². The van der Waals surface area contributed by atoms with E-state index in [0.29, 0.717) is 0 Å². The first-order valence-electron chi connectivity index (χ1n) is 10.8. The minimum Gasteiger partial charge on any atom is -0.205 e. The highest BCUT2D eigenvalue weighted by Crippen LogP contribution is 2.15. The number of nitrogens with zero attached hydrogens (tertiary/aromatic N) is 2. The van der Waals surface area contributed by atoms with E-state index in [1.807, 2.05) is 0 Å². The third-order valence-electron chi connectivity index (χ3n) is 5.25. The molecule has 0 fully saturated rings. The summed E-state index contributed by atoms with van der Waals surface area (Å²) in [6.45, 7) is 6.61. The van der Waals surface area contributed by atoms with Gasteiger partial charge in [-0.15, -0.1) is 0 Å². The fraction of sp³-hybridized carbons (Fsp3) is 0.583. The molecule has 0 spiro atoms. The van der Waals surface area contributed by atoms with E-state index in [1.165, 1.54) is 75.3 Å². The molecule has 2 aromatic heterocycles. The van der Waals surface area contributed by atoms with Crippen molar-refractivity contribution in [3.63, 3.8) is 0 Å². The maximum atomic E-state index is 2.32. The van der Waals surface area contributed by atoms with Gasteiger partial charge in [0.15, 0.2) is 24.8 Å². The zero-order valence-electron chi connectivity index (χ0n) is 17.0. The van der Waals surface area contributed by atoms with Crippen LogP contribution in [0.4, 0.5) is 0 Å². The molecule has 0 unspecified atom stereocenters. The van der Waals surface area contributed by atoms with Crippen LogP contribution in [0, 0.1) is 0 Å². The lowest BCUT2D eigenvalue weighted by atomic mass is 10.1. The Morgan fingerprint density at radius 1 is 0.538 bits per heavy atom. The summed E-state index contributed by atoms with van der Waals surface area (Å²) in [6, 6.07) is 8.88. The molecule has 2 heteroatoms. The van der Waals surface area contributed by atoms with Crippen molar-refractivity contribution in [1.82, 2.24) is 0 Å². The molecule has 0 bridgehead atoms. The van der Waals surface area contributed by atoms with Crippen molar-refractivity contribution in [3.8, 4) is 11.1 Å². The Morgan fingerprint density at radius 3 is 1.42 bits per heavy atom. The number of hydrogen-bond donors (Lipinski definition) is 0. The van der Waals surface area contributed by atoms with Crippen LogP contribution < -0.4 is 9.13 Å². The summed E-state index contributed by atoms with van der Waals surface area (Å²) < 4.78 is 4.52. The Balaban J connectivity index is 1.60. The average Bonchev–Trinajstić information content (AvgIpc) is 2.70. The molecule has 0 saturated carbocycles. The largest absolute Gasteiger partial charge is 0.205 e. The molecule has 142 valence electrons. The number of aryl methyl sites for hydroxylation is 2. The van der Waals surface area contributed by atoms with Crippen LogP contribution in [0.1, 0.15) is 78.1 Å². The second-order valence-electron chi connectivity index (χ2n) is 7.42. The van der Waals surface area contributed by atoms with Gasteiger partial charge in [-0.25, -0.2) is 9.13 Å². The predicted molar refractivity (Wildman–Crippen MR) is 110 cm³/mol. The molecule has 0 N–H and O–H groups in total. The Hall–Kier alpha value is -1.70. The van der Waals surface area contributed by atoms with Crippen LogP contribution in [0.2, 0.25) is 0 Å². The molecule has 2 nitrogen and oxygen atoms in total. The maximum absolute atomic E-state index is 2.32. The molecule has 0 amide bonds. The van der Waals surface area contributed by atoms with Crippen LogP contribution in [0.25, 0.3) is 11.1 Å². The van der Waals surface area contributed by atoms with Gasteiger partial charge in [-0.05, 0) is 24.5 Å². The molecular weight excluding hydrogens is 316 g/mol. The second kappa shape index (κ2) is 12.6. The summed E-state index contributed by atoms with van der Waals surface area (Å²) in [6.07, 6.45) is 22.7. The number of aromatic nitrogens is 2. The molecular formula is C24H38N2+2. The van der Waals surface area contributed by atoms with Gasteiger partial charge in [-0.3, -0.25) is 0 Å². The Bertz CT molecular complexity index is 587. The van der Waals surface area contributed by atoms with Crippen LogP contribution in [-0.2, 0) is 13.1 Å². The van der Waals surface area contributed by atoms with E-state index < -0.39 is 0 Å². The van der Waals surface area contributed by atoms with Crippen molar-refractivity contribution in [3.05, 3.63) is 49.1 Å². The van der Waals surface area contributed by atoms with Crippen molar-refractivity contribution in [2.45, 2.75) is 91.1 Å². The van der Waals surface area contributed by atoms with Crippen LogP contribution in [0.3, 0.4) is 0 Å². The first kappa shape index (κ1) is 20.6. The number of unbranched alkanes of at least 4 members (excludes halogenated alkanes) is 9. The van der Waals surface area contributed by atoms with E-state index in [0.717, 1.165) is 13.1 Å². The van der Waals surface area contributed by atoms with Gasteiger partial charge < -0.3 is 0 Å². The van der Waals surface area contributed by atoms with E-state index in [4.69, 9.17) is 0 Å². The summed E-state index contributed by atoms with van der Waals surface area (Å²) in [7, 11) is 0. The first-order chi connectivity index (χ1) is 12.8. The quantitative estimate of drug-likeness (QED) is 0.314. The lowest BCUT2D eigenvalue weighted by Crippen LogP contribution is -2.32. The topological polar surface area (TPSA) is 7.76 Å². The lowest BCUT2D eigenvalue weighted by molar-refractivity contribution is -0.697. The Kier molecular flexibility index (Phi) is 10.0. The lowest BCUT2D eigenvalue weighted by Gasteiger charge is -2.02. The Labute approximate surface area is 160 Å². The van der Waals surface area contributed by atoms with E-state index >= 15 is 0 Å². The number of hydrogen-bond acceptors (Lipinski definition) is 0. The summed E-state index contributed by atoms with van der Waals surface area (Å²) in [5, 5.41) is 0.